The van der Waals surface area contributed by atoms with Crippen LogP contribution < -0.4 is 11.5 Å². The highest BCUT2D eigenvalue weighted by Gasteiger charge is 2.26. The van der Waals surface area contributed by atoms with E-state index in [4.69, 9.17) is 11.5 Å². The fourth-order valence-corrected chi connectivity index (χ4v) is 1.78. The maximum absolute atomic E-state index is 12.2. The van der Waals surface area contributed by atoms with Crippen molar-refractivity contribution in [2.24, 2.45) is 23.3 Å². The normalized spacial score (nSPS) is 12.9. The number of hydrogen-bond acceptors (Lipinski definition) is 3. The molecule has 17 heavy (non-hydrogen) atoms. The van der Waals surface area contributed by atoms with Gasteiger partial charge >= 0.3 is 0 Å². The van der Waals surface area contributed by atoms with Crippen molar-refractivity contribution in [3.8, 4) is 0 Å². The summed E-state index contributed by atoms with van der Waals surface area (Å²) in [6, 6.07) is -0.0452. The van der Waals surface area contributed by atoms with Gasteiger partial charge in [0.25, 0.3) is 0 Å². The quantitative estimate of drug-likeness (QED) is 0.675. The fourth-order valence-electron chi connectivity index (χ4n) is 1.78. The average Bonchev–Trinajstić information content (AvgIpc) is 2.20. The summed E-state index contributed by atoms with van der Waals surface area (Å²) in [6.07, 6.45) is 0.733. The Hall–Kier alpha value is -1.10. The van der Waals surface area contributed by atoms with Crippen LogP contribution in [0.15, 0.2) is 0 Å². The zero-order valence-corrected chi connectivity index (χ0v) is 11.3. The summed E-state index contributed by atoms with van der Waals surface area (Å²) >= 11 is 0. The smallest absolute Gasteiger partial charge is 0.237 e. The van der Waals surface area contributed by atoms with Crippen LogP contribution in [-0.4, -0.2) is 35.8 Å². The number of carbonyl (C=O) groups is 2. The van der Waals surface area contributed by atoms with Crippen molar-refractivity contribution in [3.05, 3.63) is 0 Å². The van der Waals surface area contributed by atoms with Crippen LogP contribution in [0.4, 0.5) is 0 Å². The predicted molar refractivity (Wildman–Crippen MR) is 68.0 cm³/mol. The van der Waals surface area contributed by atoms with Gasteiger partial charge in [0.2, 0.25) is 11.8 Å². The van der Waals surface area contributed by atoms with E-state index in [0.29, 0.717) is 12.5 Å². The van der Waals surface area contributed by atoms with Crippen LogP contribution in [0.3, 0.4) is 0 Å². The van der Waals surface area contributed by atoms with Gasteiger partial charge in [0, 0.05) is 12.6 Å². The highest BCUT2D eigenvalue weighted by molar-refractivity contribution is 5.85. The van der Waals surface area contributed by atoms with Crippen LogP contribution >= 0.6 is 0 Å². The first-order valence-corrected chi connectivity index (χ1v) is 6.08. The Kier molecular flexibility index (Phi) is 6.80. The van der Waals surface area contributed by atoms with E-state index in [9.17, 15) is 9.59 Å². The Labute approximate surface area is 104 Å². The van der Waals surface area contributed by atoms with Gasteiger partial charge < -0.3 is 16.4 Å². The van der Waals surface area contributed by atoms with Crippen LogP contribution in [0.2, 0.25) is 0 Å². The second-order valence-corrected chi connectivity index (χ2v) is 5.09. The second kappa shape index (κ2) is 7.27. The first-order valence-electron chi connectivity index (χ1n) is 6.08. The lowest BCUT2D eigenvalue weighted by Crippen LogP contribution is -2.47. The molecule has 5 heteroatoms. The van der Waals surface area contributed by atoms with Gasteiger partial charge in [0.15, 0.2) is 0 Å². The van der Waals surface area contributed by atoms with E-state index in [2.05, 4.69) is 0 Å². The summed E-state index contributed by atoms with van der Waals surface area (Å²) in [6.45, 7) is 8.09. The summed E-state index contributed by atoms with van der Waals surface area (Å²) in [7, 11) is 0. The van der Waals surface area contributed by atoms with Crippen LogP contribution in [0, 0.1) is 11.8 Å². The van der Waals surface area contributed by atoms with Crippen molar-refractivity contribution in [2.75, 3.05) is 13.1 Å². The topological polar surface area (TPSA) is 89.4 Å². The number of nitrogens with zero attached hydrogens (tertiary/aromatic N) is 1. The average molecular weight is 243 g/mol. The second-order valence-electron chi connectivity index (χ2n) is 5.09. The first-order chi connectivity index (χ1) is 7.79. The van der Waals surface area contributed by atoms with E-state index in [-0.39, 0.29) is 24.4 Å². The van der Waals surface area contributed by atoms with Gasteiger partial charge in [-0.05, 0) is 26.2 Å². The molecule has 0 saturated carbocycles. The number of carbonyl (C=O) groups excluding carboxylic acids is 2. The standard InChI is InChI=1S/C12H25N3O2/c1-8(2)5-10(6-13)12(17)15(9(3)4)7-11(14)16/h8-10H,5-7,13H2,1-4H3,(H2,14,16). The molecule has 5 nitrogen and oxygen atoms in total. The molecule has 0 spiro atoms. The van der Waals surface area contributed by atoms with Crippen molar-refractivity contribution >= 4 is 11.8 Å². The third kappa shape index (κ3) is 5.68. The number of nitrogens with two attached hydrogens (primary N) is 2. The summed E-state index contributed by atoms with van der Waals surface area (Å²) in [5.74, 6) is -0.394. The minimum Gasteiger partial charge on any atom is -0.368 e. The lowest BCUT2D eigenvalue weighted by Gasteiger charge is -2.29. The van der Waals surface area contributed by atoms with Gasteiger partial charge in [-0.3, -0.25) is 9.59 Å². The van der Waals surface area contributed by atoms with Crippen LogP contribution in [0.1, 0.15) is 34.1 Å². The maximum atomic E-state index is 12.2. The first kappa shape index (κ1) is 15.9. The zero-order valence-electron chi connectivity index (χ0n) is 11.3. The van der Waals surface area contributed by atoms with Crippen LogP contribution in [-0.2, 0) is 9.59 Å². The molecular formula is C12H25N3O2. The highest BCUT2D eigenvalue weighted by atomic mass is 16.2. The van der Waals surface area contributed by atoms with E-state index in [1.165, 1.54) is 4.90 Å². The Morgan fingerprint density at radius 1 is 1.18 bits per heavy atom. The van der Waals surface area contributed by atoms with E-state index in [1.54, 1.807) is 0 Å². The highest BCUT2D eigenvalue weighted by Crippen LogP contribution is 2.15. The number of rotatable bonds is 7. The number of primary amides is 1. The molecule has 1 atom stereocenters. The monoisotopic (exact) mass is 243 g/mol. The molecule has 0 aromatic rings. The molecule has 0 aromatic carbocycles. The third-order valence-corrected chi connectivity index (χ3v) is 2.62. The third-order valence-electron chi connectivity index (χ3n) is 2.62. The maximum Gasteiger partial charge on any atom is 0.237 e. The molecule has 4 N–H and O–H groups in total. The molecule has 0 aromatic heterocycles. The van der Waals surface area contributed by atoms with Gasteiger partial charge in [0.05, 0.1) is 12.5 Å². The minimum atomic E-state index is -0.493. The summed E-state index contributed by atoms with van der Waals surface area (Å²) in [5.41, 5.74) is 10.8. The summed E-state index contributed by atoms with van der Waals surface area (Å²) in [5, 5.41) is 0. The van der Waals surface area contributed by atoms with E-state index in [0.717, 1.165) is 6.42 Å². The SMILES string of the molecule is CC(C)CC(CN)C(=O)N(CC(N)=O)C(C)C. The Morgan fingerprint density at radius 2 is 1.71 bits per heavy atom. The molecule has 0 saturated heterocycles. The van der Waals surface area contributed by atoms with Crippen molar-refractivity contribution in [2.45, 2.75) is 40.2 Å². The minimum absolute atomic E-state index is 0.0366. The lowest BCUT2D eigenvalue weighted by molar-refractivity contribution is -0.140. The Morgan fingerprint density at radius 3 is 2.00 bits per heavy atom. The van der Waals surface area contributed by atoms with Gasteiger partial charge in [0.1, 0.15) is 0 Å². The Balaban J connectivity index is 4.72. The van der Waals surface area contributed by atoms with Crippen LogP contribution in [0.5, 0.6) is 0 Å². The molecule has 0 bridgehead atoms. The van der Waals surface area contributed by atoms with Crippen molar-refractivity contribution in [1.29, 1.82) is 0 Å². The van der Waals surface area contributed by atoms with E-state index < -0.39 is 5.91 Å². The van der Waals surface area contributed by atoms with Crippen LogP contribution in [0.25, 0.3) is 0 Å². The largest absolute Gasteiger partial charge is 0.368 e. The number of hydrogen-bond donors (Lipinski definition) is 2. The fraction of sp³-hybridized carbons (Fsp3) is 0.833. The zero-order chi connectivity index (χ0) is 13.6. The van der Waals surface area contributed by atoms with E-state index >= 15 is 0 Å². The molecule has 1 unspecified atom stereocenters. The van der Waals surface area contributed by atoms with E-state index in [1.807, 2.05) is 27.7 Å². The molecule has 0 rings (SSSR count). The molecule has 2 amide bonds. The molecule has 0 aliphatic rings. The molecule has 0 radical (unpaired) electrons. The molecule has 0 fully saturated rings. The van der Waals surface area contributed by atoms with Gasteiger partial charge in [-0.2, -0.15) is 0 Å². The Bertz CT molecular complexity index is 264. The van der Waals surface area contributed by atoms with Gasteiger partial charge in [-0.1, -0.05) is 13.8 Å². The predicted octanol–water partition coefficient (Wildman–Crippen LogP) is 0.330. The number of amides is 2. The lowest BCUT2D eigenvalue weighted by atomic mass is 9.95. The summed E-state index contributed by atoms with van der Waals surface area (Å²) in [4.78, 5) is 24.7. The van der Waals surface area contributed by atoms with Crippen molar-refractivity contribution in [3.63, 3.8) is 0 Å². The molecule has 0 aliphatic carbocycles. The van der Waals surface area contributed by atoms with Gasteiger partial charge in [-0.25, -0.2) is 0 Å². The molecular weight excluding hydrogens is 218 g/mol. The van der Waals surface area contributed by atoms with Crippen molar-refractivity contribution < 1.29 is 9.59 Å². The molecule has 100 valence electrons. The van der Waals surface area contributed by atoms with Gasteiger partial charge in [-0.15, -0.1) is 0 Å². The van der Waals surface area contributed by atoms with Crippen molar-refractivity contribution in [1.82, 2.24) is 4.90 Å². The molecule has 0 aliphatic heterocycles. The summed E-state index contributed by atoms with van der Waals surface area (Å²) < 4.78 is 0. The molecule has 0 heterocycles.